The lowest BCUT2D eigenvalue weighted by Gasteiger charge is -2.12. The van der Waals surface area contributed by atoms with Crippen LogP contribution >= 0.6 is 39.7 Å². The summed E-state index contributed by atoms with van der Waals surface area (Å²) < 4.78 is 14.3. The van der Waals surface area contributed by atoms with Gasteiger partial charge in [-0.3, -0.25) is 0 Å². The number of hydrogen-bond donors (Lipinski definition) is 2. The fourth-order valence-corrected chi connectivity index (χ4v) is 2.37. The van der Waals surface area contributed by atoms with Crippen molar-refractivity contribution < 1.29 is 4.39 Å². The van der Waals surface area contributed by atoms with Gasteiger partial charge in [-0.2, -0.15) is 0 Å². The number of halogens is 3. The zero-order valence-electron chi connectivity index (χ0n) is 9.58. The Bertz CT molecular complexity index is 621. The van der Waals surface area contributed by atoms with Crippen molar-refractivity contribution in [1.29, 1.82) is 0 Å². The van der Waals surface area contributed by atoms with Crippen molar-refractivity contribution in [3.63, 3.8) is 0 Å². The number of benzene rings is 2. The van der Waals surface area contributed by atoms with E-state index in [1.807, 2.05) is 6.07 Å². The minimum absolute atomic E-state index is 0.273. The van der Waals surface area contributed by atoms with E-state index in [1.165, 1.54) is 6.07 Å². The molecule has 98 valence electrons. The first-order chi connectivity index (χ1) is 9.06. The molecule has 2 aromatic carbocycles. The minimum Gasteiger partial charge on any atom is -0.331 e. The van der Waals surface area contributed by atoms with Crippen molar-refractivity contribution >= 4 is 56.2 Å². The van der Waals surface area contributed by atoms with E-state index >= 15 is 0 Å². The number of para-hydroxylation sites is 1. The van der Waals surface area contributed by atoms with Crippen molar-refractivity contribution in [2.75, 3.05) is 10.6 Å². The highest BCUT2D eigenvalue weighted by atomic mass is 79.9. The largest absolute Gasteiger partial charge is 0.331 e. The van der Waals surface area contributed by atoms with Crippen molar-refractivity contribution in [3.05, 3.63) is 57.8 Å². The lowest BCUT2D eigenvalue weighted by atomic mass is 10.3. The van der Waals surface area contributed by atoms with Gasteiger partial charge in [0.25, 0.3) is 0 Å². The maximum atomic E-state index is 13.4. The third-order valence-electron chi connectivity index (χ3n) is 2.30. The van der Waals surface area contributed by atoms with Crippen molar-refractivity contribution in [2.45, 2.75) is 0 Å². The van der Waals surface area contributed by atoms with Crippen molar-refractivity contribution in [2.24, 2.45) is 0 Å². The third kappa shape index (κ3) is 3.89. The van der Waals surface area contributed by atoms with Crippen molar-refractivity contribution in [3.8, 4) is 0 Å². The molecular formula is C13H9BrClFN2S. The van der Waals surface area contributed by atoms with Gasteiger partial charge in [0.1, 0.15) is 5.82 Å². The molecule has 2 aromatic rings. The van der Waals surface area contributed by atoms with E-state index in [1.54, 1.807) is 30.3 Å². The van der Waals surface area contributed by atoms with Gasteiger partial charge in [0.05, 0.1) is 16.4 Å². The second-order valence-corrected chi connectivity index (χ2v) is 5.41. The van der Waals surface area contributed by atoms with Gasteiger partial charge < -0.3 is 10.6 Å². The van der Waals surface area contributed by atoms with Crippen LogP contribution in [0.3, 0.4) is 0 Å². The van der Waals surface area contributed by atoms with E-state index in [-0.39, 0.29) is 10.9 Å². The van der Waals surface area contributed by atoms with E-state index in [4.69, 9.17) is 23.8 Å². The molecular weight excluding hydrogens is 351 g/mol. The average Bonchev–Trinajstić information content (AvgIpc) is 2.36. The van der Waals surface area contributed by atoms with Crippen LogP contribution in [0.4, 0.5) is 15.8 Å². The smallest absolute Gasteiger partial charge is 0.175 e. The summed E-state index contributed by atoms with van der Waals surface area (Å²) >= 11 is 14.5. The Hall–Kier alpha value is -1.17. The molecule has 19 heavy (non-hydrogen) atoms. The van der Waals surface area contributed by atoms with Crippen LogP contribution in [-0.4, -0.2) is 5.11 Å². The molecule has 0 heterocycles. The number of thiocarbonyl (C=S) groups is 1. The molecule has 0 saturated heterocycles. The molecule has 2 N–H and O–H groups in total. The molecule has 0 fully saturated rings. The third-order valence-corrected chi connectivity index (χ3v) is 3.31. The van der Waals surface area contributed by atoms with Gasteiger partial charge >= 0.3 is 0 Å². The Morgan fingerprint density at radius 2 is 1.79 bits per heavy atom. The summed E-state index contributed by atoms with van der Waals surface area (Å²) in [7, 11) is 0. The number of nitrogens with one attached hydrogen (secondary N) is 2. The summed E-state index contributed by atoms with van der Waals surface area (Å²) in [5, 5.41) is 6.48. The Labute approximate surface area is 129 Å². The van der Waals surface area contributed by atoms with Gasteiger partial charge in [0, 0.05) is 4.47 Å². The topological polar surface area (TPSA) is 24.1 Å². The van der Waals surface area contributed by atoms with E-state index < -0.39 is 0 Å². The Morgan fingerprint density at radius 1 is 1.11 bits per heavy atom. The van der Waals surface area contributed by atoms with Crippen LogP contribution in [-0.2, 0) is 0 Å². The molecule has 0 radical (unpaired) electrons. The lowest BCUT2D eigenvalue weighted by Crippen LogP contribution is -2.19. The molecule has 0 spiro atoms. The van der Waals surface area contributed by atoms with Crippen LogP contribution in [0.25, 0.3) is 0 Å². The second-order valence-electron chi connectivity index (χ2n) is 3.68. The zero-order chi connectivity index (χ0) is 13.8. The molecule has 0 amide bonds. The monoisotopic (exact) mass is 358 g/mol. The Balaban J connectivity index is 2.08. The van der Waals surface area contributed by atoms with E-state index in [2.05, 4.69) is 26.6 Å². The molecule has 0 aliphatic carbocycles. The molecule has 0 aromatic heterocycles. The van der Waals surface area contributed by atoms with Crippen molar-refractivity contribution in [1.82, 2.24) is 0 Å². The van der Waals surface area contributed by atoms with Gasteiger partial charge in [-0.15, -0.1) is 0 Å². The first kappa shape index (κ1) is 14.2. The second kappa shape index (κ2) is 6.32. The van der Waals surface area contributed by atoms with Crippen LogP contribution in [0.5, 0.6) is 0 Å². The highest BCUT2D eigenvalue weighted by molar-refractivity contribution is 9.10. The number of rotatable bonds is 2. The molecule has 0 aliphatic heterocycles. The minimum atomic E-state index is -0.367. The zero-order valence-corrected chi connectivity index (χ0v) is 12.7. The summed E-state index contributed by atoms with van der Waals surface area (Å²) in [5.41, 5.74) is 0.965. The molecule has 0 aliphatic rings. The standard InChI is InChI=1S/C13H9BrClFN2S/c14-8-5-6-11(9(15)7-8)17-13(19)18-12-4-2-1-3-10(12)16/h1-7H,(H2,17,18,19). The molecule has 0 saturated carbocycles. The number of anilines is 2. The summed E-state index contributed by atoms with van der Waals surface area (Å²) in [5.74, 6) is -0.367. The maximum Gasteiger partial charge on any atom is 0.175 e. The first-order valence-corrected chi connectivity index (χ1v) is 6.92. The number of hydrogen-bond acceptors (Lipinski definition) is 1. The van der Waals surface area contributed by atoms with Gasteiger partial charge in [0.15, 0.2) is 5.11 Å². The molecule has 2 nitrogen and oxygen atoms in total. The highest BCUT2D eigenvalue weighted by Gasteiger charge is 2.06. The van der Waals surface area contributed by atoms with Crippen LogP contribution in [0, 0.1) is 5.82 Å². The van der Waals surface area contributed by atoms with Crippen LogP contribution in [0.1, 0.15) is 0 Å². The normalized spacial score (nSPS) is 10.1. The van der Waals surface area contributed by atoms with Crippen LogP contribution in [0.2, 0.25) is 5.02 Å². The molecule has 0 unspecified atom stereocenters. The predicted molar refractivity (Wildman–Crippen MR) is 85.4 cm³/mol. The fourth-order valence-electron chi connectivity index (χ4n) is 1.43. The van der Waals surface area contributed by atoms with Crippen LogP contribution < -0.4 is 10.6 Å². The quantitative estimate of drug-likeness (QED) is 0.734. The summed E-state index contributed by atoms with van der Waals surface area (Å²) in [6.07, 6.45) is 0. The molecule has 0 bridgehead atoms. The van der Waals surface area contributed by atoms with E-state index in [0.717, 1.165) is 4.47 Å². The maximum absolute atomic E-state index is 13.4. The molecule has 6 heteroatoms. The summed E-state index contributed by atoms with van der Waals surface area (Å²) in [4.78, 5) is 0. The summed E-state index contributed by atoms with van der Waals surface area (Å²) in [6.45, 7) is 0. The first-order valence-electron chi connectivity index (χ1n) is 5.34. The van der Waals surface area contributed by atoms with E-state index in [9.17, 15) is 4.39 Å². The molecule has 2 rings (SSSR count). The molecule has 0 atom stereocenters. The Morgan fingerprint density at radius 3 is 2.47 bits per heavy atom. The van der Waals surface area contributed by atoms with Gasteiger partial charge in [-0.1, -0.05) is 39.7 Å². The Kier molecular flexibility index (Phi) is 4.74. The summed E-state index contributed by atoms with van der Waals surface area (Å²) in [6, 6.07) is 11.7. The highest BCUT2D eigenvalue weighted by Crippen LogP contribution is 2.25. The fraction of sp³-hybridized carbons (Fsp3) is 0. The van der Waals surface area contributed by atoms with E-state index in [0.29, 0.717) is 16.4 Å². The lowest BCUT2D eigenvalue weighted by molar-refractivity contribution is 0.632. The van der Waals surface area contributed by atoms with Gasteiger partial charge in [0.2, 0.25) is 0 Å². The average molecular weight is 360 g/mol. The predicted octanol–water partition coefficient (Wildman–Crippen LogP) is 5.05. The van der Waals surface area contributed by atoms with Gasteiger partial charge in [-0.05, 0) is 42.5 Å². The van der Waals surface area contributed by atoms with Crippen LogP contribution in [0.15, 0.2) is 46.9 Å². The van der Waals surface area contributed by atoms with Gasteiger partial charge in [-0.25, -0.2) is 4.39 Å². The SMILES string of the molecule is Fc1ccccc1NC(=S)Nc1ccc(Br)cc1Cl.